The minimum absolute atomic E-state index is 0.642. The van der Waals surface area contributed by atoms with E-state index in [1.54, 1.807) is 6.08 Å². The summed E-state index contributed by atoms with van der Waals surface area (Å²) in [5.41, 5.74) is 3.24. The molecule has 0 aliphatic rings. The second kappa shape index (κ2) is 5.65. The van der Waals surface area contributed by atoms with Gasteiger partial charge in [0.05, 0.1) is 0 Å². The molecule has 0 aliphatic carbocycles. The van der Waals surface area contributed by atoms with Gasteiger partial charge in [-0.05, 0) is 6.08 Å². The van der Waals surface area contributed by atoms with Crippen LogP contribution in [0.4, 0.5) is 0 Å². The van der Waals surface area contributed by atoms with E-state index in [1.807, 2.05) is 0 Å². The molecule has 0 heterocycles. The lowest BCUT2D eigenvalue weighted by Crippen LogP contribution is -2.04. The van der Waals surface area contributed by atoms with Crippen LogP contribution in [0, 0.1) is 11.5 Å². The van der Waals surface area contributed by atoms with E-state index in [9.17, 15) is 0 Å². The van der Waals surface area contributed by atoms with Gasteiger partial charge in [0, 0.05) is 0 Å². The number of allylic oxidation sites excluding steroid dienone is 1. The van der Waals surface area contributed by atoms with Crippen LogP contribution in [-0.4, -0.2) is 8.80 Å². The fourth-order valence-corrected chi connectivity index (χ4v) is 2.01. The van der Waals surface area contributed by atoms with Gasteiger partial charge in [-0.3, -0.25) is 0 Å². The highest BCUT2D eigenvalue weighted by atomic mass is 28.3. The molecule has 0 saturated heterocycles. The smallest absolute Gasteiger partial charge is 0.122 e. The highest BCUT2D eigenvalue weighted by Gasteiger charge is 1.97. The molecule has 0 amide bonds. The molecule has 0 unspecified atom stereocenters. The molecule has 0 fully saturated rings. The minimum Gasteiger partial charge on any atom is -0.131 e. The van der Waals surface area contributed by atoms with Crippen LogP contribution in [0.15, 0.2) is 12.7 Å². The van der Waals surface area contributed by atoms with E-state index in [0.29, 0.717) is 0 Å². The molecule has 0 rings (SSSR count). The summed E-state index contributed by atoms with van der Waals surface area (Å²) in [5.74, 6) is 2.93. The van der Waals surface area contributed by atoms with E-state index in [-0.39, 0.29) is 0 Å². The SMILES string of the molecule is C=CC#C[SiH](CC)CC. The van der Waals surface area contributed by atoms with Crippen molar-refractivity contribution in [3.05, 3.63) is 12.7 Å². The lowest BCUT2D eigenvalue weighted by molar-refractivity contribution is 1.34. The average molecular weight is 138 g/mol. The zero-order chi connectivity index (χ0) is 7.11. The largest absolute Gasteiger partial charge is 0.131 e. The van der Waals surface area contributed by atoms with E-state index >= 15 is 0 Å². The van der Waals surface area contributed by atoms with E-state index in [0.717, 1.165) is 0 Å². The lowest BCUT2D eigenvalue weighted by Gasteiger charge is -1.96. The van der Waals surface area contributed by atoms with E-state index in [2.05, 4.69) is 31.9 Å². The monoisotopic (exact) mass is 138 g/mol. The van der Waals surface area contributed by atoms with Gasteiger partial charge in [0.15, 0.2) is 0 Å². The molecule has 0 atom stereocenters. The maximum absolute atomic E-state index is 3.55. The Balaban J connectivity index is 3.66. The predicted molar refractivity (Wildman–Crippen MR) is 46.1 cm³/mol. The van der Waals surface area contributed by atoms with Crippen LogP contribution in [0.5, 0.6) is 0 Å². The summed E-state index contributed by atoms with van der Waals surface area (Å²) in [5, 5.41) is 0. The molecule has 1 heteroatoms. The summed E-state index contributed by atoms with van der Waals surface area (Å²) >= 11 is 0. The van der Waals surface area contributed by atoms with Gasteiger partial charge in [0.1, 0.15) is 8.80 Å². The molecular formula is C8H14Si. The van der Waals surface area contributed by atoms with Gasteiger partial charge in [-0.25, -0.2) is 0 Å². The highest BCUT2D eigenvalue weighted by molar-refractivity contribution is 6.67. The zero-order valence-corrected chi connectivity index (χ0v) is 7.43. The number of rotatable bonds is 2. The van der Waals surface area contributed by atoms with Gasteiger partial charge in [0.25, 0.3) is 0 Å². The first-order chi connectivity index (χ1) is 4.35. The molecule has 0 N–H and O–H groups in total. The number of hydrogen-bond acceptors (Lipinski definition) is 0. The van der Waals surface area contributed by atoms with Crippen molar-refractivity contribution in [2.75, 3.05) is 0 Å². The Morgan fingerprint density at radius 1 is 1.44 bits per heavy atom. The average Bonchev–Trinajstić information content (AvgIpc) is 1.91. The summed E-state index contributed by atoms with van der Waals surface area (Å²) < 4.78 is 0. The van der Waals surface area contributed by atoms with Gasteiger partial charge >= 0.3 is 0 Å². The van der Waals surface area contributed by atoms with Crippen LogP contribution in [0.2, 0.25) is 12.1 Å². The molecule has 50 valence electrons. The standard InChI is InChI=1S/C8H14Si/c1-4-7-8-9(5-2)6-3/h4,9H,1,5-6H2,2-3H3. The molecule has 0 aromatic heterocycles. The van der Waals surface area contributed by atoms with Crippen LogP contribution in [-0.2, 0) is 0 Å². The van der Waals surface area contributed by atoms with Gasteiger partial charge in [-0.1, -0.05) is 38.4 Å². The van der Waals surface area contributed by atoms with E-state index in [1.165, 1.54) is 12.1 Å². The van der Waals surface area contributed by atoms with Crippen LogP contribution >= 0.6 is 0 Å². The molecule has 9 heavy (non-hydrogen) atoms. The Kier molecular flexibility index (Phi) is 5.35. The van der Waals surface area contributed by atoms with Crippen molar-refractivity contribution < 1.29 is 0 Å². The van der Waals surface area contributed by atoms with Crippen molar-refractivity contribution in [2.45, 2.75) is 25.9 Å². The molecule has 0 saturated carbocycles. The minimum atomic E-state index is -0.642. The van der Waals surface area contributed by atoms with E-state index < -0.39 is 8.80 Å². The summed E-state index contributed by atoms with van der Waals surface area (Å²) in [6.45, 7) is 7.99. The second-order valence-corrected chi connectivity index (χ2v) is 5.32. The third kappa shape index (κ3) is 4.05. The molecule has 0 spiro atoms. The fraction of sp³-hybridized carbons (Fsp3) is 0.500. The molecule has 0 nitrogen and oxygen atoms in total. The second-order valence-electron chi connectivity index (χ2n) is 2.01. The third-order valence-electron chi connectivity index (χ3n) is 1.38. The van der Waals surface area contributed by atoms with Gasteiger partial charge in [0.2, 0.25) is 0 Å². The van der Waals surface area contributed by atoms with Gasteiger partial charge in [-0.15, -0.1) is 5.54 Å². The summed E-state index contributed by atoms with van der Waals surface area (Å²) in [6.07, 6.45) is 1.69. The summed E-state index contributed by atoms with van der Waals surface area (Å²) in [6, 6.07) is 2.58. The highest BCUT2D eigenvalue weighted by Crippen LogP contribution is 1.94. The van der Waals surface area contributed by atoms with Crippen molar-refractivity contribution in [3.63, 3.8) is 0 Å². The Hall–Kier alpha value is -0.483. The van der Waals surface area contributed by atoms with Crippen LogP contribution < -0.4 is 0 Å². The zero-order valence-electron chi connectivity index (χ0n) is 6.28. The maximum atomic E-state index is 3.55. The first-order valence-electron chi connectivity index (χ1n) is 3.47. The van der Waals surface area contributed by atoms with Gasteiger partial charge in [-0.2, -0.15) is 0 Å². The fourth-order valence-electron chi connectivity index (χ4n) is 0.670. The third-order valence-corrected chi connectivity index (χ3v) is 3.92. The normalized spacial score (nSPS) is 8.33. The molecular weight excluding hydrogens is 124 g/mol. The van der Waals surface area contributed by atoms with Crippen LogP contribution in [0.25, 0.3) is 0 Å². The summed E-state index contributed by atoms with van der Waals surface area (Å²) in [4.78, 5) is 0. The first-order valence-corrected chi connectivity index (χ1v) is 5.68. The lowest BCUT2D eigenvalue weighted by atomic mass is 10.7. The first kappa shape index (κ1) is 8.52. The van der Waals surface area contributed by atoms with Crippen molar-refractivity contribution in [3.8, 4) is 11.5 Å². The molecule has 0 aromatic carbocycles. The molecule has 0 aliphatic heterocycles. The topological polar surface area (TPSA) is 0 Å². The Labute approximate surface area is 59.6 Å². The molecule has 0 aromatic rings. The van der Waals surface area contributed by atoms with Crippen LogP contribution in [0.1, 0.15) is 13.8 Å². The van der Waals surface area contributed by atoms with Crippen molar-refractivity contribution >= 4 is 8.80 Å². The molecule has 0 bridgehead atoms. The van der Waals surface area contributed by atoms with Crippen molar-refractivity contribution in [1.29, 1.82) is 0 Å². The van der Waals surface area contributed by atoms with E-state index in [4.69, 9.17) is 0 Å². The Morgan fingerprint density at radius 2 is 2.00 bits per heavy atom. The van der Waals surface area contributed by atoms with Gasteiger partial charge < -0.3 is 0 Å². The maximum Gasteiger partial charge on any atom is 0.122 e. The predicted octanol–water partition coefficient (Wildman–Crippen LogP) is 1.98. The molecule has 0 radical (unpaired) electrons. The number of hydrogen-bond donors (Lipinski definition) is 0. The Morgan fingerprint density at radius 3 is 2.33 bits per heavy atom. The summed E-state index contributed by atoms with van der Waals surface area (Å²) in [7, 11) is -0.642. The van der Waals surface area contributed by atoms with Crippen molar-refractivity contribution in [1.82, 2.24) is 0 Å². The van der Waals surface area contributed by atoms with Crippen LogP contribution in [0.3, 0.4) is 0 Å². The Bertz CT molecular complexity index is 123. The van der Waals surface area contributed by atoms with Crippen molar-refractivity contribution in [2.24, 2.45) is 0 Å². The quantitative estimate of drug-likeness (QED) is 0.404.